The monoisotopic (exact) mass is 301 g/mol. The largest absolute Gasteiger partial charge is 0.326 e. The Morgan fingerprint density at radius 1 is 1.19 bits per heavy atom. The summed E-state index contributed by atoms with van der Waals surface area (Å²) >= 11 is 1.67. The highest BCUT2D eigenvalue weighted by atomic mass is 32.2. The van der Waals surface area contributed by atoms with Gasteiger partial charge in [-0.1, -0.05) is 26.0 Å². The molecule has 0 aliphatic heterocycles. The van der Waals surface area contributed by atoms with E-state index in [1.807, 2.05) is 43.3 Å². The van der Waals surface area contributed by atoms with E-state index in [-0.39, 0.29) is 5.91 Å². The number of thioether (sulfide) groups is 1. The van der Waals surface area contributed by atoms with Crippen LogP contribution in [0.15, 0.2) is 41.4 Å². The standard InChI is InChI=1S/C16H19N3OS/c1-3-6-15(20)17-13-8-5-7-12(11-13)14-9-10-16(19-18-14)21-4-2/h5,7-11H,3-4,6H2,1-2H3,(H,17,20). The molecule has 5 heteroatoms. The Hall–Kier alpha value is -1.88. The summed E-state index contributed by atoms with van der Waals surface area (Å²) in [4.78, 5) is 11.6. The normalized spacial score (nSPS) is 10.4. The lowest BCUT2D eigenvalue weighted by atomic mass is 10.1. The highest BCUT2D eigenvalue weighted by molar-refractivity contribution is 7.99. The van der Waals surface area contributed by atoms with Crippen molar-refractivity contribution in [2.45, 2.75) is 31.7 Å². The molecule has 1 heterocycles. The topological polar surface area (TPSA) is 54.9 Å². The highest BCUT2D eigenvalue weighted by Gasteiger charge is 2.05. The summed E-state index contributed by atoms with van der Waals surface area (Å²) in [6, 6.07) is 11.6. The number of hydrogen-bond donors (Lipinski definition) is 1. The van der Waals surface area contributed by atoms with Gasteiger partial charge in [0.15, 0.2) is 0 Å². The van der Waals surface area contributed by atoms with Gasteiger partial charge in [-0.15, -0.1) is 22.0 Å². The van der Waals surface area contributed by atoms with Crippen LogP contribution in [0.25, 0.3) is 11.3 Å². The van der Waals surface area contributed by atoms with Gasteiger partial charge in [-0.25, -0.2) is 0 Å². The predicted octanol–water partition coefficient (Wildman–Crippen LogP) is 3.99. The number of amides is 1. The maximum absolute atomic E-state index is 11.6. The first-order valence-corrected chi connectivity index (χ1v) is 8.08. The fourth-order valence-corrected chi connectivity index (χ4v) is 2.46. The van der Waals surface area contributed by atoms with Crippen LogP contribution in [-0.4, -0.2) is 21.9 Å². The van der Waals surface area contributed by atoms with Crippen molar-refractivity contribution in [1.29, 1.82) is 0 Å². The molecule has 0 aliphatic rings. The molecule has 0 spiro atoms. The van der Waals surface area contributed by atoms with Crippen LogP contribution in [0.5, 0.6) is 0 Å². The minimum absolute atomic E-state index is 0.0374. The zero-order valence-electron chi connectivity index (χ0n) is 12.3. The van der Waals surface area contributed by atoms with Crippen molar-refractivity contribution in [3.63, 3.8) is 0 Å². The summed E-state index contributed by atoms with van der Waals surface area (Å²) in [6.45, 7) is 4.07. The minimum atomic E-state index is 0.0374. The predicted molar refractivity (Wildman–Crippen MR) is 87.4 cm³/mol. The van der Waals surface area contributed by atoms with E-state index in [1.165, 1.54) is 0 Å². The molecular weight excluding hydrogens is 282 g/mol. The van der Waals surface area contributed by atoms with Crippen LogP contribution in [0, 0.1) is 0 Å². The van der Waals surface area contributed by atoms with Gasteiger partial charge in [0.1, 0.15) is 5.03 Å². The molecule has 0 unspecified atom stereocenters. The molecule has 2 rings (SSSR count). The lowest BCUT2D eigenvalue weighted by Crippen LogP contribution is -2.10. The first-order valence-electron chi connectivity index (χ1n) is 7.09. The molecule has 0 saturated carbocycles. The van der Waals surface area contributed by atoms with Crippen LogP contribution in [-0.2, 0) is 4.79 Å². The van der Waals surface area contributed by atoms with Crippen LogP contribution >= 0.6 is 11.8 Å². The molecule has 110 valence electrons. The molecule has 0 bridgehead atoms. The number of anilines is 1. The van der Waals surface area contributed by atoms with Crippen molar-refractivity contribution >= 4 is 23.4 Å². The van der Waals surface area contributed by atoms with Crippen molar-refractivity contribution in [2.24, 2.45) is 0 Å². The van der Waals surface area contributed by atoms with E-state index in [4.69, 9.17) is 0 Å². The summed E-state index contributed by atoms with van der Waals surface area (Å²) in [5.74, 6) is 1.02. The molecule has 0 atom stereocenters. The molecular formula is C16H19N3OS. The Labute approximate surface area is 129 Å². The number of benzene rings is 1. The van der Waals surface area contributed by atoms with Crippen LogP contribution in [0.2, 0.25) is 0 Å². The Bertz CT molecular complexity index is 599. The van der Waals surface area contributed by atoms with Gasteiger partial charge >= 0.3 is 0 Å². The first-order chi connectivity index (χ1) is 10.2. The van der Waals surface area contributed by atoms with Gasteiger partial charge in [-0.3, -0.25) is 4.79 Å². The van der Waals surface area contributed by atoms with Gasteiger partial charge in [-0.2, -0.15) is 0 Å². The molecule has 1 N–H and O–H groups in total. The number of carbonyl (C=O) groups excluding carboxylic acids is 1. The number of nitrogens with one attached hydrogen (secondary N) is 1. The molecule has 1 amide bonds. The zero-order valence-corrected chi connectivity index (χ0v) is 13.1. The SMILES string of the molecule is CCCC(=O)Nc1cccc(-c2ccc(SCC)nn2)c1. The molecule has 0 fully saturated rings. The minimum Gasteiger partial charge on any atom is -0.326 e. The number of aromatic nitrogens is 2. The number of rotatable bonds is 6. The van der Waals surface area contributed by atoms with Gasteiger partial charge in [-0.05, 0) is 36.4 Å². The van der Waals surface area contributed by atoms with E-state index in [1.54, 1.807) is 11.8 Å². The molecule has 2 aromatic rings. The Morgan fingerprint density at radius 3 is 2.71 bits per heavy atom. The van der Waals surface area contributed by atoms with E-state index < -0.39 is 0 Å². The van der Waals surface area contributed by atoms with Gasteiger partial charge in [0.2, 0.25) is 5.91 Å². The van der Waals surface area contributed by atoms with Crippen LogP contribution in [0.1, 0.15) is 26.7 Å². The number of carbonyl (C=O) groups is 1. The van der Waals surface area contributed by atoms with Gasteiger partial charge in [0, 0.05) is 17.7 Å². The number of hydrogen-bond acceptors (Lipinski definition) is 4. The Morgan fingerprint density at radius 2 is 2.05 bits per heavy atom. The van der Waals surface area contributed by atoms with E-state index in [2.05, 4.69) is 22.4 Å². The molecule has 1 aromatic carbocycles. The van der Waals surface area contributed by atoms with Gasteiger partial charge in [0.25, 0.3) is 0 Å². The molecule has 0 saturated heterocycles. The summed E-state index contributed by atoms with van der Waals surface area (Å²) in [5, 5.41) is 12.2. The van der Waals surface area contributed by atoms with Crippen LogP contribution in [0.3, 0.4) is 0 Å². The molecule has 0 aliphatic carbocycles. The summed E-state index contributed by atoms with van der Waals surface area (Å²) in [5.41, 5.74) is 2.55. The first kappa shape index (κ1) is 15.5. The van der Waals surface area contributed by atoms with Crippen molar-refractivity contribution in [3.05, 3.63) is 36.4 Å². The lowest BCUT2D eigenvalue weighted by molar-refractivity contribution is -0.116. The number of nitrogens with zero attached hydrogens (tertiary/aromatic N) is 2. The fraction of sp³-hybridized carbons (Fsp3) is 0.312. The van der Waals surface area contributed by atoms with E-state index in [0.29, 0.717) is 6.42 Å². The molecule has 4 nitrogen and oxygen atoms in total. The molecule has 21 heavy (non-hydrogen) atoms. The van der Waals surface area contributed by atoms with Gasteiger partial charge in [0.05, 0.1) is 5.69 Å². The second-order valence-electron chi connectivity index (χ2n) is 4.57. The van der Waals surface area contributed by atoms with E-state index >= 15 is 0 Å². The third kappa shape index (κ3) is 4.56. The second kappa shape index (κ2) is 7.78. The van der Waals surface area contributed by atoms with E-state index in [9.17, 15) is 4.79 Å². The molecule has 1 aromatic heterocycles. The Balaban J connectivity index is 2.14. The third-order valence-electron chi connectivity index (χ3n) is 2.85. The van der Waals surface area contributed by atoms with Crippen LogP contribution < -0.4 is 5.32 Å². The average Bonchev–Trinajstić information content (AvgIpc) is 2.49. The average molecular weight is 301 g/mol. The maximum Gasteiger partial charge on any atom is 0.224 e. The summed E-state index contributed by atoms with van der Waals surface area (Å²) in [7, 11) is 0. The van der Waals surface area contributed by atoms with Gasteiger partial charge < -0.3 is 5.32 Å². The van der Waals surface area contributed by atoms with E-state index in [0.717, 1.165) is 34.1 Å². The smallest absolute Gasteiger partial charge is 0.224 e. The summed E-state index contributed by atoms with van der Waals surface area (Å²) in [6.07, 6.45) is 1.38. The lowest BCUT2D eigenvalue weighted by Gasteiger charge is -2.07. The Kier molecular flexibility index (Phi) is 5.75. The fourth-order valence-electron chi connectivity index (χ4n) is 1.91. The third-order valence-corrected chi connectivity index (χ3v) is 3.65. The molecule has 0 radical (unpaired) electrons. The highest BCUT2D eigenvalue weighted by Crippen LogP contribution is 2.22. The van der Waals surface area contributed by atoms with Crippen molar-refractivity contribution < 1.29 is 4.79 Å². The van der Waals surface area contributed by atoms with Crippen molar-refractivity contribution in [3.8, 4) is 11.3 Å². The van der Waals surface area contributed by atoms with Crippen LogP contribution in [0.4, 0.5) is 5.69 Å². The van der Waals surface area contributed by atoms with Crippen molar-refractivity contribution in [2.75, 3.05) is 11.1 Å². The van der Waals surface area contributed by atoms with Crippen molar-refractivity contribution in [1.82, 2.24) is 10.2 Å². The quantitative estimate of drug-likeness (QED) is 0.820. The summed E-state index contributed by atoms with van der Waals surface area (Å²) < 4.78 is 0. The zero-order chi connectivity index (χ0) is 15.1. The second-order valence-corrected chi connectivity index (χ2v) is 5.85. The maximum atomic E-state index is 11.6.